The molecule has 2 nitrogen and oxygen atoms in total. The van der Waals surface area contributed by atoms with Gasteiger partial charge < -0.3 is 4.90 Å². The van der Waals surface area contributed by atoms with E-state index in [-0.39, 0.29) is 5.91 Å². The van der Waals surface area contributed by atoms with Gasteiger partial charge in [-0.15, -0.1) is 0 Å². The van der Waals surface area contributed by atoms with Gasteiger partial charge >= 0.3 is 0 Å². The molecule has 1 fully saturated rings. The van der Waals surface area contributed by atoms with Crippen LogP contribution in [0.4, 0.5) is 0 Å². The standard InChI is InChI=1S/C12H21NO.C2H6/c1-3-6-11-8-5-9-13(10-11)12(14)7-4-2;1-2/h4,7,11H,3,5-6,8-10H2,1-2H3;1-2H3/b7-4+;. The van der Waals surface area contributed by atoms with Gasteiger partial charge in [0.05, 0.1) is 0 Å². The molecule has 1 aliphatic heterocycles. The van der Waals surface area contributed by atoms with E-state index in [1.165, 1.54) is 25.7 Å². The van der Waals surface area contributed by atoms with E-state index >= 15 is 0 Å². The smallest absolute Gasteiger partial charge is 0.246 e. The fraction of sp³-hybridized carbons (Fsp3) is 0.786. The Bertz CT molecular complexity index is 209. The number of hydrogen-bond donors (Lipinski definition) is 0. The molecule has 1 aliphatic rings. The average Bonchev–Trinajstić information content (AvgIpc) is 2.33. The number of likely N-dealkylation sites (tertiary alicyclic amines) is 1. The molecule has 0 N–H and O–H groups in total. The predicted octanol–water partition coefficient (Wildman–Crippen LogP) is 3.63. The highest BCUT2D eigenvalue weighted by Gasteiger charge is 2.21. The van der Waals surface area contributed by atoms with E-state index < -0.39 is 0 Å². The summed E-state index contributed by atoms with van der Waals surface area (Å²) >= 11 is 0. The SMILES string of the molecule is C/C=C/C(=O)N1CCCC(CCC)C1.CC. The normalized spacial score (nSPS) is 20.5. The Kier molecular flexibility index (Phi) is 8.97. The summed E-state index contributed by atoms with van der Waals surface area (Å²) in [5, 5.41) is 0. The molecular weight excluding hydrogens is 198 g/mol. The van der Waals surface area contributed by atoms with E-state index in [0.717, 1.165) is 19.0 Å². The summed E-state index contributed by atoms with van der Waals surface area (Å²) in [6.07, 6.45) is 8.47. The van der Waals surface area contributed by atoms with Crippen molar-refractivity contribution in [2.45, 2.75) is 53.4 Å². The van der Waals surface area contributed by atoms with E-state index in [1.807, 2.05) is 31.7 Å². The highest BCUT2D eigenvalue weighted by Crippen LogP contribution is 2.20. The zero-order chi connectivity index (χ0) is 12.4. The van der Waals surface area contributed by atoms with Crippen LogP contribution in [-0.2, 0) is 4.79 Å². The number of piperidine rings is 1. The number of rotatable bonds is 3. The zero-order valence-electron chi connectivity index (χ0n) is 11.3. The minimum atomic E-state index is 0.188. The fourth-order valence-corrected chi connectivity index (χ4v) is 2.16. The van der Waals surface area contributed by atoms with Gasteiger partial charge in [-0.2, -0.15) is 0 Å². The molecule has 1 atom stereocenters. The second kappa shape index (κ2) is 9.44. The lowest BCUT2D eigenvalue weighted by Gasteiger charge is -2.32. The molecule has 0 spiro atoms. The Hall–Kier alpha value is -0.790. The molecule has 1 rings (SSSR count). The Morgan fingerprint density at radius 1 is 1.44 bits per heavy atom. The second-order valence-corrected chi connectivity index (χ2v) is 4.08. The third kappa shape index (κ3) is 5.34. The van der Waals surface area contributed by atoms with Crippen LogP contribution in [0.3, 0.4) is 0 Å². The van der Waals surface area contributed by atoms with Crippen LogP contribution in [0.15, 0.2) is 12.2 Å². The summed E-state index contributed by atoms with van der Waals surface area (Å²) in [6.45, 7) is 10.0. The molecule has 1 heterocycles. The molecule has 0 aromatic heterocycles. The third-order valence-electron chi connectivity index (χ3n) is 2.84. The number of amides is 1. The number of nitrogens with zero attached hydrogens (tertiary/aromatic N) is 1. The van der Waals surface area contributed by atoms with Gasteiger partial charge in [-0.05, 0) is 38.2 Å². The Balaban J connectivity index is 0.00000106. The topological polar surface area (TPSA) is 20.3 Å². The lowest BCUT2D eigenvalue weighted by molar-refractivity contribution is -0.127. The van der Waals surface area contributed by atoms with Gasteiger partial charge in [0.15, 0.2) is 0 Å². The van der Waals surface area contributed by atoms with Crippen LogP contribution in [0, 0.1) is 5.92 Å². The second-order valence-electron chi connectivity index (χ2n) is 4.08. The molecule has 0 bridgehead atoms. The predicted molar refractivity (Wildman–Crippen MR) is 70.4 cm³/mol. The Morgan fingerprint density at radius 2 is 2.12 bits per heavy atom. The largest absolute Gasteiger partial charge is 0.339 e. The summed E-state index contributed by atoms with van der Waals surface area (Å²) in [6, 6.07) is 0. The summed E-state index contributed by atoms with van der Waals surface area (Å²) < 4.78 is 0. The monoisotopic (exact) mass is 225 g/mol. The first kappa shape index (κ1) is 15.2. The highest BCUT2D eigenvalue weighted by molar-refractivity contribution is 5.87. The maximum atomic E-state index is 11.6. The molecule has 16 heavy (non-hydrogen) atoms. The fourth-order valence-electron chi connectivity index (χ4n) is 2.16. The van der Waals surface area contributed by atoms with E-state index in [2.05, 4.69) is 6.92 Å². The summed E-state index contributed by atoms with van der Waals surface area (Å²) in [7, 11) is 0. The number of hydrogen-bond acceptors (Lipinski definition) is 1. The van der Waals surface area contributed by atoms with E-state index in [4.69, 9.17) is 0 Å². The van der Waals surface area contributed by atoms with Gasteiger partial charge in [0.1, 0.15) is 0 Å². The number of allylic oxidation sites excluding steroid dienone is 1. The molecule has 0 aromatic rings. The summed E-state index contributed by atoms with van der Waals surface area (Å²) in [5.41, 5.74) is 0. The zero-order valence-corrected chi connectivity index (χ0v) is 11.3. The first-order valence-corrected chi connectivity index (χ1v) is 6.69. The molecule has 0 aromatic carbocycles. The van der Waals surface area contributed by atoms with Crippen LogP contribution in [0.2, 0.25) is 0 Å². The molecule has 0 aliphatic carbocycles. The molecule has 1 saturated heterocycles. The maximum absolute atomic E-state index is 11.6. The van der Waals surface area contributed by atoms with Gasteiger partial charge in [0.2, 0.25) is 5.91 Å². The van der Waals surface area contributed by atoms with Crippen LogP contribution < -0.4 is 0 Å². The van der Waals surface area contributed by atoms with Crippen LogP contribution in [0.25, 0.3) is 0 Å². The molecule has 94 valence electrons. The maximum Gasteiger partial charge on any atom is 0.246 e. The van der Waals surface area contributed by atoms with Crippen LogP contribution in [0.5, 0.6) is 0 Å². The third-order valence-corrected chi connectivity index (χ3v) is 2.84. The minimum absolute atomic E-state index is 0.188. The molecule has 2 heteroatoms. The lowest BCUT2D eigenvalue weighted by atomic mass is 9.94. The molecule has 0 saturated carbocycles. The van der Waals surface area contributed by atoms with Crippen molar-refractivity contribution in [3.05, 3.63) is 12.2 Å². The molecule has 1 unspecified atom stereocenters. The van der Waals surface area contributed by atoms with Gasteiger partial charge in [-0.25, -0.2) is 0 Å². The lowest BCUT2D eigenvalue weighted by Crippen LogP contribution is -2.38. The van der Waals surface area contributed by atoms with Crippen molar-refractivity contribution < 1.29 is 4.79 Å². The quantitative estimate of drug-likeness (QED) is 0.672. The summed E-state index contributed by atoms with van der Waals surface area (Å²) in [4.78, 5) is 13.6. The van der Waals surface area contributed by atoms with E-state index in [1.54, 1.807) is 6.08 Å². The average molecular weight is 225 g/mol. The van der Waals surface area contributed by atoms with Gasteiger partial charge in [-0.3, -0.25) is 4.79 Å². The minimum Gasteiger partial charge on any atom is -0.339 e. The molecular formula is C14H27NO. The number of carbonyl (C=O) groups is 1. The molecule has 1 amide bonds. The van der Waals surface area contributed by atoms with Crippen molar-refractivity contribution in [1.29, 1.82) is 0 Å². The molecule has 0 radical (unpaired) electrons. The highest BCUT2D eigenvalue weighted by atomic mass is 16.2. The van der Waals surface area contributed by atoms with E-state index in [0.29, 0.717) is 0 Å². The van der Waals surface area contributed by atoms with Crippen molar-refractivity contribution in [2.24, 2.45) is 5.92 Å². The van der Waals surface area contributed by atoms with Crippen molar-refractivity contribution in [3.8, 4) is 0 Å². The first-order valence-electron chi connectivity index (χ1n) is 6.69. The van der Waals surface area contributed by atoms with Crippen LogP contribution in [-0.4, -0.2) is 23.9 Å². The van der Waals surface area contributed by atoms with Crippen LogP contribution in [0.1, 0.15) is 53.4 Å². The van der Waals surface area contributed by atoms with E-state index in [9.17, 15) is 4.79 Å². The van der Waals surface area contributed by atoms with Gasteiger partial charge in [0.25, 0.3) is 0 Å². The van der Waals surface area contributed by atoms with Gasteiger partial charge in [0, 0.05) is 13.1 Å². The van der Waals surface area contributed by atoms with Crippen molar-refractivity contribution in [2.75, 3.05) is 13.1 Å². The van der Waals surface area contributed by atoms with Crippen molar-refractivity contribution in [3.63, 3.8) is 0 Å². The number of carbonyl (C=O) groups excluding carboxylic acids is 1. The van der Waals surface area contributed by atoms with Gasteiger partial charge in [-0.1, -0.05) is 33.3 Å². The van der Waals surface area contributed by atoms with Crippen molar-refractivity contribution >= 4 is 5.91 Å². The van der Waals surface area contributed by atoms with Crippen LogP contribution >= 0.6 is 0 Å². The summed E-state index contributed by atoms with van der Waals surface area (Å²) in [5.74, 6) is 0.927. The van der Waals surface area contributed by atoms with Crippen molar-refractivity contribution in [1.82, 2.24) is 4.90 Å². The first-order chi connectivity index (χ1) is 7.77. The Labute approximate surface area is 101 Å². The Morgan fingerprint density at radius 3 is 2.69 bits per heavy atom.